The third kappa shape index (κ3) is 2.59. The van der Waals surface area contributed by atoms with E-state index in [4.69, 9.17) is 5.11 Å². The molecule has 0 aliphatic rings. The summed E-state index contributed by atoms with van der Waals surface area (Å²) in [4.78, 5) is 23.5. The fourth-order valence-corrected chi connectivity index (χ4v) is 1.37. The third-order valence-corrected chi connectivity index (χ3v) is 2.23. The number of carbonyl (C=O) groups excluding carboxylic acids is 1. The highest BCUT2D eigenvalue weighted by atomic mass is 16.4. The second-order valence-electron chi connectivity index (χ2n) is 3.55. The number of nitrogens with zero attached hydrogens (tertiary/aromatic N) is 3. The van der Waals surface area contributed by atoms with Crippen LogP contribution in [0.4, 0.5) is 0 Å². The summed E-state index contributed by atoms with van der Waals surface area (Å²) in [6.45, 7) is 1.63. The van der Waals surface area contributed by atoms with E-state index in [-0.39, 0.29) is 12.5 Å². The molecule has 0 saturated heterocycles. The summed E-state index contributed by atoms with van der Waals surface area (Å²) in [6.07, 6.45) is 0.740. The van der Waals surface area contributed by atoms with E-state index in [1.165, 1.54) is 11.7 Å². The van der Waals surface area contributed by atoms with Gasteiger partial charge in [-0.05, 0) is 12.5 Å². The number of likely N-dealkylation sites (N-methyl/N-ethyl adjacent to an activating group) is 1. The maximum absolute atomic E-state index is 11.8. The number of amides is 1. The highest BCUT2D eigenvalue weighted by Crippen LogP contribution is 2.06. The Hall–Kier alpha value is -1.85. The van der Waals surface area contributed by atoms with Crippen LogP contribution in [0.3, 0.4) is 0 Å². The first-order chi connectivity index (χ1) is 7.45. The smallest absolute Gasteiger partial charge is 0.323 e. The highest BCUT2D eigenvalue weighted by molar-refractivity contribution is 5.94. The molecule has 6 nitrogen and oxygen atoms in total. The van der Waals surface area contributed by atoms with Crippen molar-refractivity contribution in [3.8, 4) is 0 Å². The predicted octanol–water partition coefficient (Wildman–Crippen LogP) is 0.139. The van der Waals surface area contributed by atoms with Crippen LogP contribution in [0, 0.1) is 0 Å². The van der Waals surface area contributed by atoms with Crippen molar-refractivity contribution in [3.05, 3.63) is 17.5 Å². The van der Waals surface area contributed by atoms with Gasteiger partial charge in [0.15, 0.2) is 0 Å². The van der Waals surface area contributed by atoms with Crippen LogP contribution >= 0.6 is 0 Å². The summed E-state index contributed by atoms with van der Waals surface area (Å²) < 4.78 is 1.47. The first-order valence-corrected chi connectivity index (χ1v) is 4.95. The lowest BCUT2D eigenvalue weighted by Gasteiger charge is -2.13. The summed E-state index contributed by atoms with van der Waals surface area (Å²) in [7, 11) is 3.12. The minimum Gasteiger partial charge on any atom is -0.480 e. The van der Waals surface area contributed by atoms with Crippen LogP contribution in [0.5, 0.6) is 0 Å². The van der Waals surface area contributed by atoms with Gasteiger partial charge >= 0.3 is 5.97 Å². The second kappa shape index (κ2) is 4.78. The van der Waals surface area contributed by atoms with E-state index in [0.29, 0.717) is 5.69 Å². The zero-order chi connectivity index (χ0) is 12.3. The SMILES string of the molecule is CCc1cc(C(=O)N(C)CC(=O)O)n(C)n1. The van der Waals surface area contributed by atoms with E-state index in [0.717, 1.165) is 17.0 Å². The Labute approximate surface area is 93.5 Å². The molecular weight excluding hydrogens is 210 g/mol. The Morgan fingerprint density at radius 2 is 2.19 bits per heavy atom. The zero-order valence-electron chi connectivity index (χ0n) is 9.60. The van der Waals surface area contributed by atoms with Crippen molar-refractivity contribution in [2.75, 3.05) is 13.6 Å². The first kappa shape index (κ1) is 12.2. The van der Waals surface area contributed by atoms with Gasteiger partial charge in [-0.2, -0.15) is 5.10 Å². The van der Waals surface area contributed by atoms with Crippen molar-refractivity contribution in [1.29, 1.82) is 0 Å². The number of carboxylic acid groups (broad SMARTS) is 1. The molecule has 0 unspecified atom stereocenters. The molecular formula is C10H15N3O3. The van der Waals surface area contributed by atoms with Crippen LogP contribution in [-0.4, -0.2) is 45.3 Å². The zero-order valence-corrected chi connectivity index (χ0v) is 9.60. The lowest BCUT2D eigenvalue weighted by molar-refractivity contribution is -0.137. The van der Waals surface area contributed by atoms with Gasteiger partial charge in [-0.15, -0.1) is 0 Å². The number of aryl methyl sites for hydroxylation is 2. The standard InChI is InChI=1S/C10H15N3O3/c1-4-7-5-8(13(3)11-7)10(16)12(2)6-9(14)15/h5H,4,6H2,1-3H3,(H,14,15). The number of hydrogen-bond acceptors (Lipinski definition) is 3. The van der Waals surface area contributed by atoms with Gasteiger partial charge in [0, 0.05) is 14.1 Å². The predicted molar refractivity (Wildman–Crippen MR) is 57.2 cm³/mol. The van der Waals surface area contributed by atoms with Crippen LogP contribution in [0.25, 0.3) is 0 Å². The van der Waals surface area contributed by atoms with Gasteiger partial charge in [-0.25, -0.2) is 0 Å². The Morgan fingerprint density at radius 3 is 2.62 bits per heavy atom. The van der Waals surface area contributed by atoms with E-state index in [2.05, 4.69) is 5.10 Å². The molecule has 0 radical (unpaired) electrons. The number of aliphatic carboxylic acids is 1. The number of rotatable bonds is 4. The van der Waals surface area contributed by atoms with E-state index in [1.54, 1.807) is 13.1 Å². The Balaban J connectivity index is 2.87. The van der Waals surface area contributed by atoms with Gasteiger partial charge in [0.1, 0.15) is 12.2 Å². The quantitative estimate of drug-likeness (QED) is 0.790. The van der Waals surface area contributed by atoms with Crippen LogP contribution in [-0.2, 0) is 18.3 Å². The lowest BCUT2D eigenvalue weighted by atomic mass is 10.3. The van der Waals surface area contributed by atoms with E-state index in [9.17, 15) is 9.59 Å². The maximum Gasteiger partial charge on any atom is 0.323 e. The van der Waals surface area contributed by atoms with Crippen LogP contribution in [0.2, 0.25) is 0 Å². The molecule has 0 bridgehead atoms. The van der Waals surface area contributed by atoms with Crippen molar-refractivity contribution in [1.82, 2.24) is 14.7 Å². The molecule has 0 aliphatic carbocycles. The number of carbonyl (C=O) groups is 2. The fraction of sp³-hybridized carbons (Fsp3) is 0.500. The van der Waals surface area contributed by atoms with Gasteiger partial charge in [-0.3, -0.25) is 14.3 Å². The van der Waals surface area contributed by atoms with E-state index < -0.39 is 5.97 Å². The number of carboxylic acids is 1. The molecule has 0 aromatic carbocycles. The lowest BCUT2D eigenvalue weighted by Crippen LogP contribution is -2.33. The van der Waals surface area contributed by atoms with Crippen LogP contribution < -0.4 is 0 Å². The molecule has 16 heavy (non-hydrogen) atoms. The van der Waals surface area contributed by atoms with Crippen molar-refractivity contribution in [3.63, 3.8) is 0 Å². The van der Waals surface area contributed by atoms with Crippen molar-refractivity contribution in [2.24, 2.45) is 7.05 Å². The van der Waals surface area contributed by atoms with Gasteiger partial charge in [0.05, 0.1) is 5.69 Å². The summed E-state index contributed by atoms with van der Waals surface area (Å²) in [5, 5.41) is 12.7. The molecule has 88 valence electrons. The third-order valence-electron chi connectivity index (χ3n) is 2.23. The molecule has 6 heteroatoms. The second-order valence-corrected chi connectivity index (χ2v) is 3.55. The normalized spacial score (nSPS) is 10.2. The Morgan fingerprint density at radius 1 is 1.56 bits per heavy atom. The van der Waals surface area contributed by atoms with Crippen molar-refractivity contribution >= 4 is 11.9 Å². The highest BCUT2D eigenvalue weighted by Gasteiger charge is 2.18. The average molecular weight is 225 g/mol. The van der Waals surface area contributed by atoms with Crippen LogP contribution in [0.1, 0.15) is 23.1 Å². The van der Waals surface area contributed by atoms with Crippen LogP contribution in [0.15, 0.2) is 6.07 Å². The molecule has 0 spiro atoms. The minimum atomic E-state index is -1.03. The topological polar surface area (TPSA) is 75.4 Å². The van der Waals surface area contributed by atoms with E-state index in [1.807, 2.05) is 6.92 Å². The molecule has 0 aliphatic heterocycles. The average Bonchev–Trinajstić information content (AvgIpc) is 2.57. The molecule has 1 heterocycles. The largest absolute Gasteiger partial charge is 0.480 e. The summed E-state index contributed by atoms with van der Waals surface area (Å²) in [5.41, 5.74) is 1.22. The Kier molecular flexibility index (Phi) is 3.65. The first-order valence-electron chi connectivity index (χ1n) is 4.95. The number of hydrogen-bond donors (Lipinski definition) is 1. The van der Waals surface area contributed by atoms with Gasteiger partial charge in [0.2, 0.25) is 0 Å². The van der Waals surface area contributed by atoms with E-state index >= 15 is 0 Å². The number of aromatic nitrogens is 2. The molecule has 1 aromatic heterocycles. The summed E-state index contributed by atoms with van der Waals surface area (Å²) in [5.74, 6) is -1.37. The Bertz CT molecular complexity index is 411. The monoisotopic (exact) mass is 225 g/mol. The van der Waals surface area contributed by atoms with Crippen molar-refractivity contribution in [2.45, 2.75) is 13.3 Å². The molecule has 0 fully saturated rings. The minimum absolute atomic E-state index is 0.314. The maximum atomic E-state index is 11.8. The molecule has 1 amide bonds. The molecule has 0 atom stereocenters. The molecule has 1 N–H and O–H groups in total. The van der Waals surface area contributed by atoms with Crippen molar-refractivity contribution < 1.29 is 14.7 Å². The summed E-state index contributed by atoms with van der Waals surface area (Å²) in [6, 6.07) is 1.68. The molecule has 0 saturated carbocycles. The van der Waals surface area contributed by atoms with Gasteiger partial charge < -0.3 is 10.0 Å². The summed E-state index contributed by atoms with van der Waals surface area (Å²) >= 11 is 0. The molecule has 1 rings (SSSR count). The molecule has 1 aromatic rings. The van der Waals surface area contributed by atoms with Gasteiger partial charge in [-0.1, -0.05) is 6.92 Å². The van der Waals surface area contributed by atoms with Gasteiger partial charge in [0.25, 0.3) is 5.91 Å². The fourth-order valence-electron chi connectivity index (χ4n) is 1.37.